The van der Waals surface area contributed by atoms with Gasteiger partial charge in [-0.2, -0.15) is 0 Å². The van der Waals surface area contributed by atoms with E-state index in [4.69, 9.17) is 4.42 Å². The van der Waals surface area contributed by atoms with E-state index in [0.29, 0.717) is 36.5 Å². The molecule has 7 nitrogen and oxygen atoms in total. The summed E-state index contributed by atoms with van der Waals surface area (Å²) in [6.45, 7) is 2.68. The van der Waals surface area contributed by atoms with Crippen LogP contribution in [0.1, 0.15) is 37.8 Å². The summed E-state index contributed by atoms with van der Waals surface area (Å²) in [6, 6.07) is 11.8. The molecule has 2 aromatic heterocycles. The fourth-order valence-electron chi connectivity index (χ4n) is 3.33. The normalized spacial score (nSPS) is 13.1. The summed E-state index contributed by atoms with van der Waals surface area (Å²) < 4.78 is 5.35. The number of aromatic amines is 1. The summed E-state index contributed by atoms with van der Waals surface area (Å²) in [5.41, 5.74) is 2.58. The van der Waals surface area contributed by atoms with E-state index in [9.17, 15) is 14.4 Å². The molecular formula is C21H19N3O4. The number of para-hydroxylation sites is 1. The van der Waals surface area contributed by atoms with Crippen LogP contribution in [0, 0.1) is 6.92 Å². The molecule has 0 spiro atoms. The molecule has 3 heterocycles. The van der Waals surface area contributed by atoms with Crippen molar-refractivity contribution in [3.05, 3.63) is 87.2 Å². The molecule has 142 valence electrons. The summed E-state index contributed by atoms with van der Waals surface area (Å²) in [5.74, 6) is 0.244. The van der Waals surface area contributed by atoms with E-state index in [1.54, 1.807) is 60.5 Å². The number of amides is 2. The number of hydrogen-bond donors (Lipinski definition) is 2. The number of pyridine rings is 1. The highest BCUT2D eigenvalue weighted by molar-refractivity contribution is 6.07. The second kappa shape index (κ2) is 7.19. The van der Waals surface area contributed by atoms with Crippen LogP contribution >= 0.6 is 0 Å². The Morgan fingerprint density at radius 2 is 1.96 bits per heavy atom. The maximum atomic E-state index is 13.1. The van der Waals surface area contributed by atoms with Crippen LogP contribution in [0.5, 0.6) is 0 Å². The highest BCUT2D eigenvalue weighted by Crippen LogP contribution is 2.23. The molecule has 1 aliphatic heterocycles. The predicted octanol–water partition coefficient (Wildman–Crippen LogP) is 2.73. The van der Waals surface area contributed by atoms with Gasteiger partial charge in [0.15, 0.2) is 5.76 Å². The topological polar surface area (TPSA) is 95.4 Å². The Kier molecular flexibility index (Phi) is 4.57. The van der Waals surface area contributed by atoms with E-state index in [0.717, 1.165) is 11.1 Å². The van der Waals surface area contributed by atoms with Crippen molar-refractivity contribution in [3.8, 4) is 0 Å². The van der Waals surface area contributed by atoms with Crippen LogP contribution in [0.15, 0.2) is 57.9 Å². The molecule has 4 rings (SSSR count). The average molecular weight is 377 g/mol. The zero-order valence-electron chi connectivity index (χ0n) is 15.3. The summed E-state index contributed by atoms with van der Waals surface area (Å²) in [4.78, 5) is 41.3. The molecular weight excluding hydrogens is 358 g/mol. The van der Waals surface area contributed by atoms with Gasteiger partial charge >= 0.3 is 0 Å². The third-order valence-corrected chi connectivity index (χ3v) is 4.78. The molecule has 0 aliphatic carbocycles. The van der Waals surface area contributed by atoms with E-state index >= 15 is 0 Å². The van der Waals surface area contributed by atoms with Crippen molar-refractivity contribution in [1.29, 1.82) is 0 Å². The zero-order chi connectivity index (χ0) is 19.7. The maximum Gasteiger partial charge on any atom is 0.291 e. The Bertz CT molecular complexity index is 1110. The number of aromatic nitrogens is 1. The molecule has 2 N–H and O–H groups in total. The number of fused-ring (bicyclic) bond motifs is 1. The molecule has 0 atom stereocenters. The number of furan rings is 1. The third kappa shape index (κ3) is 3.46. The number of nitrogens with zero attached hydrogens (tertiary/aromatic N) is 1. The van der Waals surface area contributed by atoms with Crippen molar-refractivity contribution in [2.24, 2.45) is 0 Å². The highest BCUT2D eigenvalue weighted by Gasteiger charge is 2.24. The van der Waals surface area contributed by atoms with E-state index < -0.39 is 5.91 Å². The standard InChI is InChI=1S/C21H19N3O4/c1-13-6-7-18(28-13)20(26)23-17-5-3-2-4-16(17)21(27)24-9-8-14-10-19(25)22-11-15(14)12-24/h2-7,10-11H,8-9,12H2,1H3,(H,22,25)(H,23,26). The minimum atomic E-state index is -0.407. The van der Waals surface area contributed by atoms with Crippen molar-refractivity contribution in [2.45, 2.75) is 19.9 Å². The zero-order valence-corrected chi connectivity index (χ0v) is 15.3. The van der Waals surface area contributed by atoms with Gasteiger partial charge in [-0.3, -0.25) is 14.4 Å². The van der Waals surface area contributed by atoms with Crippen molar-refractivity contribution in [3.63, 3.8) is 0 Å². The van der Waals surface area contributed by atoms with E-state index in [2.05, 4.69) is 10.3 Å². The summed E-state index contributed by atoms with van der Waals surface area (Å²) in [6.07, 6.45) is 2.27. The molecule has 1 aromatic carbocycles. The molecule has 2 amide bonds. The van der Waals surface area contributed by atoms with Crippen LogP contribution in [0.4, 0.5) is 5.69 Å². The van der Waals surface area contributed by atoms with E-state index in [1.807, 2.05) is 0 Å². The van der Waals surface area contributed by atoms with E-state index in [-0.39, 0.29) is 17.2 Å². The quantitative estimate of drug-likeness (QED) is 0.734. The lowest BCUT2D eigenvalue weighted by molar-refractivity contribution is 0.0735. The first-order valence-corrected chi connectivity index (χ1v) is 8.98. The molecule has 0 bridgehead atoms. The van der Waals surface area contributed by atoms with E-state index in [1.165, 1.54) is 0 Å². The maximum absolute atomic E-state index is 13.1. The number of hydrogen-bond acceptors (Lipinski definition) is 4. The first-order valence-electron chi connectivity index (χ1n) is 8.98. The number of carbonyl (C=O) groups is 2. The second-order valence-electron chi connectivity index (χ2n) is 6.73. The van der Waals surface area contributed by atoms with Crippen molar-refractivity contribution in [1.82, 2.24) is 9.88 Å². The van der Waals surface area contributed by atoms with Crippen molar-refractivity contribution < 1.29 is 14.0 Å². The molecule has 0 saturated heterocycles. The molecule has 0 radical (unpaired) electrons. The number of aryl methyl sites for hydroxylation is 1. The lowest BCUT2D eigenvalue weighted by Gasteiger charge is -2.29. The Balaban J connectivity index is 1.56. The largest absolute Gasteiger partial charge is 0.456 e. The molecule has 0 unspecified atom stereocenters. The second-order valence-corrected chi connectivity index (χ2v) is 6.73. The molecule has 28 heavy (non-hydrogen) atoms. The molecule has 1 aliphatic rings. The molecule has 3 aromatic rings. The Hall–Kier alpha value is -3.61. The first kappa shape index (κ1) is 17.8. The van der Waals surface area contributed by atoms with Gasteiger partial charge in [0.1, 0.15) is 5.76 Å². The lowest BCUT2D eigenvalue weighted by atomic mass is 10.0. The Labute approximate surface area is 161 Å². The monoisotopic (exact) mass is 377 g/mol. The number of H-pyrrole nitrogens is 1. The van der Waals surface area contributed by atoms with Gasteiger partial charge in [-0.05, 0) is 48.7 Å². The van der Waals surface area contributed by atoms with Gasteiger partial charge in [0, 0.05) is 25.4 Å². The van der Waals surface area contributed by atoms with Crippen LogP contribution in [0.25, 0.3) is 0 Å². The first-order chi connectivity index (χ1) is 13.5. The van der Waals surface area contributed by atoms with Crippen LogP contribution in [-0.4, -0.2) is 28.2 Å². The highest BCUT2D eigenvalue weighted by atomic mass is 16.3. The van der Waals surface area contributed by atoms with Crippen molar-refractivity contribution >= 4 is 17.5 Å². The molecule has 0 saturated carbocycles. The fraction of sp³-hybridized carbons (Fsp3) is 0.190. The van der Waals surface area contributed by atoms with Crippen LogP contribution < -0.4 is 10.9 Å². The van der Waals surface area contributed by atoms with Gasteiger partial charge in [0.05, 0.1) is 11.3 Å². The van der Waals surface area contributed by atoms with Gasteiger partial charge in [-0.1, -0.05) is 12.1 Å². The number of benzene rings is 1. The van der Waals surface area contributed by atoms with Gasteiger partial charge in [-0.25, -0.2) is 0 Å². The van der Waals surface area contributed by atoms with Gasteiger partial charge in [-0.15, -0.1) is 0 Å². The van der Waals surface area contributed by atoms with Gasteiger partial charge in [0.25, 0.3) is 11.8 Å². The predicted molar refractivity (Wildman–Crippen MR) is 103 cm³/mol. The Morgan fingerprint density at radius 3 is 2.75 bits per heavy atom. The van der Waals surface area contributed by atoms with Gasteiger partial charge < -0.3 is 19.6 Å². The minimum absolute atomic E-state index is 0.139. The SMILES string of the molecule is Cc1ccc(C(=O)Nc2ccccc2C(=O)N2CCc3cc(=O)[nH]cc3C2)o1. The summed E-state index contributed by atoms with van der Waals surface area (Å²) in [7, 11) is 0. The number of carbonyl (C=O) groups excluding carboxylic acids is 2. The van der Waals surface area contributed by atoms with Crippen LogP contribution in [-0.2, 0) is 13.0 Å². The minimum Gasteiger partial charge on any atom is -0.456 e. The van der Waals surface area contributed by atoms with Crippen molar-refractivity contribution in [2.75, 3.05) is 11.9 Å². The number of nitrogens with one attached hydrogen (secondary N) is 2. The third-order valence-electron chi connectivity index (χ3n) is 4.78. The summed E-state index contributed by atoms with van der Waals surface area (Å²) in [5, 5.41) is 2.76. The molecule has 7 heteroatoms. The lowest BCUT2D eigenvalue weighted by Crippen LogP contribution is -2.37. The average Bonchev–Trinajstić information content (AvgIpc) is 3.14. The number of anilines is 1. The summed E-state index contributed by atoms with van der Waals surface area (Å²) >= 11 is 0. The molecule has 0 fully saturated rings. The van der Waals surface area contributed by atoms with Crippen LogP contribution in [0.3, 0.4) is 0 Å². The fourth-order valence-corrected chi connectivity index (χ4v) is 3.33. The number of rotatable bonds is 3. The Morgan fingerprint density at radius 1 is 1.14 bits per heavy atom. The smallest absolute Gasteiger partial charge is 0.291 e. The van der Waals surface area contributed by atoms with Crippen LogP contribution in [0.2, 0.25) is 0 Å². The van der Waals surface area contributed by atoms with Gasteiger partial charge in [0.2, 0.25) is 5.56 Å².